The molecule has 0 aromatic heterocycles. The molecule has 0 heterocycles. The van der Waals surface area contributed by atoms with E-state index in [2.05, 4.69) is 6.58 Å². The quantitative estimate of drug-likeness (QED) is 0.334. The molecule has 1 aromatic rings. The van der Waals surface area contributed by atoms with Gasteiger partial charge in [0, 0.05) is 0 Å². The molecule has 1 aromatic carbocycles. The maximum atomic E-state index is 11.5. The summed E-state index contributed by atoms with van der Waals surface area (Å²) in [6, 6.07) is 7.16. The zero-order valence-corrected chi connectivity index (χ0v) is 13.2. The first-order valence-corrected chi connectivity index (χ1v) is 5.68. The second kappa shape index (κ2) is 8.91. The summed E-state index contributed by atoms with van der Waals surface area (Å²) in [6.07, 6.45) is 1.66. The van der Waals surface area contributed by atoms with Gasteiger partial charge < -0.3 is 14.6 Å². The smallest absolute Gasteiger partial charge is 0.549 e. The van der Waals surface area contributed by atoms with Gasteiger partial charge in [-0.2, -0.15) is 0 Å². The molecule has 5 heteroatoms. The van der Waals surface area contributed by atoms with E-state index in [9.17, 15) is 14.7 Å². The molecule has 1 unspecified atom stereocenters. The number of esters is 1. The molecular weight excluding hydrogens is 255 g/mol. The van der Waals surface area contributed by atoms with Crippen molar-refractivity contribution in [3.05, 3.63) is 42.0 Å². The molecule has 0 aliphatic heterocycles. The summed E-state index contributed by atoms with van der Waals surface area (Å²) < 4.78 is 4.73. The Bertz CT molecular complexity index is 457. The van der Waals surface area contributed by atoms with E-state index < -0.39 is 17.9 Å². The fourth-order valence-corrected chi connectivity index (χ4v) is 1.64. The molecule has 0 saturated carbocycles. The molecular formula is C14H15NaO4. The van der Waals surface area contributed by atoms with Crippen LogP contribution < -0.4 is 34.7 Å². The third kappa shape index (κ3) is 5.19. The average molecular weight is 270 g/mol. The fourth-order valence-electron chi connectivity index (χ4n) is 1.64. The van der Waals surface area contributed by atoms with Gasteiger partial charge in [-0.15, -0.1) is 0 Å². The summed E-state index contributed by atoms with van der Waals surface area (Å²) in [4.78, 5) is 22.5. The number of carbonyl (C=O) groups excluding carboxylic acids is 2. The van der Waals surface area contributed by atoms with E-state index in [0.29, 0.717) is 0 Å². The van der Waals surface area contributed by atoms with Gasteiger partial charge in [0.25, 0.3) is 0 Å². The van der Waals surface area contributed by atoms with Crippen molar-refractivity contribution in [1.29, 1.82) is 0 Å². The van der Waals surface area contributed by atoms with Gasteiger partial charge in [-0.1, -0.05) is 36.9 Å². The Morgan fingerprint density at radius 2 is 2.05 bits per heavy atom. The van der Waals surface area contributed by atoms with E-state index in [-0.39, 0.29) is 42.6 Å². The van der Waals surface area contributed by atoms with Crippen LogP contribution in [-0.4, -0.2) is 18.5 Å². The van der Waals surface area contributed by atoms with E-state index in [1.165, 1.54) is 0 Å². The Labute approximate surface area is 134 Å². The van der Waals surface area contributed by atoms with Crippen LogP contribution >= 0.6 is 0 Å². The van der Waals surface area contributed by atoms with Crippen molar-refractivity contribution in [3.63, 3.8) is 0 Å². The zero-order chi connectivity index (χ0) is 13.5. The van der Waals surface area contributed by atoms with Crippen LogP contribution in [0.5, 0.6) is 0 Å². The summed E-state index contributed by atoms with van der Waals surface area (Å²) in [6.45, 7) is 5.42. The number of carboxylic acids is 1. The molecule has 0 fully saturated rings. The third-order valence-corrected chi connectivity index (χ3v) is 2.55. The minimum Gasteiger partial charge on any atom is -0.549 e. The first kappa shape index (κ1) is 17.9. The van der Waals surface area contributed by atoms with Crippen molar-refractivity contribution in [1.82, 2.24) is 0 Å². The number of hydrogen-bond acceptors (Lipinski definition) is 4. The number of hydrogen-bond donors (Lipinski definition) is 0. The summed E-state index contributed by atoms with van der Waals surface area (Å²) in [5, 5.41) is 11.0. The first-order chi connectivity index (χ1) is 8.60. The van der Waals surface area contributed by atoms with Gasteiger partial charge in [-0.05, 0) is 24.5 Å². The van der Waals surface area contributed by atoms with Crippen LogP contribution in [0.3, 0.4) is 0 Å². The van der Waals surface area contributed by atoms with Gasteiger partial charge in [0.05, 0.1) is 12.6 Å². The molecule has 0 aliphatic carbocycles. The molecule has 0 bridgehead atoms. The number of benzene rings is 1. The summed E-state index contributed by atoms with van der Waals surface area (Å²) >= 11 is 0. The summed E-state index contributed by atoms with van der Waals surface area (Å²) in [5.41, 5.74) is 1.53. The van der Waals surface area contributed by atoms with Gasteiger partial charge in [0.2, 0.25) is 0 Å². The van der Waals surface area contributed by atoms with Crippen LogP contribution in [0, 0.1) is 5.92 Å². The van der Waals surface area contributed by atoms with Gasteiger partial charge in [-0.3, -0.25) is 4.79 Å². The molecule has 1 rings (SSSR count). The second-order valence-electron chi connectivity index (χ2n) is 3.73. The predicted molar refractivity (Wildman–Crippen MR) is 65.4 cm³/mol. The largest absolute Gasteiger partial charge is 1.00 e. The maximum absolute atomic E-state index is 11.5. The Balaban J connectivity index is 0.00000324. The van der Waals surface area contributed by atoms with Crippen LogP contribution in [0.2, 0.25) is 0 Å². The van der Waals surface area contributed by atoms with Crippen LogP contribution in [0.1, 0.15) is 18.1 Å². The number of ether oxygens (including phenoxy) is 1. The molecule has 19 heavy (non-hydrogen) atoms. The SMILES string of the molecule is C=Cc1ccccc1CC(C(=O)[O-])C(=O)OCC.[Na+]. The zero-order valence-electron chi connectivity index (χ0n) is 11.2. The molecule has 0 N–H and O–H groups in total. The van der Waals surface area contributed by atoms with Crippen molar-refractivity contribution >= 4 is 18.0 Å². The Kier molecular flexibility index (Phi) is 8.39. The molecule has 0 amide bonds. The Hall–Kier alpha value is -1.10. The topological polar surface area (TPSA) is 66.4 Å². The fraction of sp³-hybridized carbons (Fsp3) is 0.286. The Morgan fingerprint density at radius 1 is 1.42 bits per heavy atom. The summed E-state index contributed by atoms with van der Waals surface area (Å²) in [7, 11) is 0. The predicted octanol–water partition coefficient (Wildman–Crippen LogP) is -2.19. The van der Waals surface area contributed by atoms with E-state index in [4.69, 9.17) is 4.74 Å². The molecule has 0 saturated heterocycles. The van der Waals surface area contributed by atoms with Gasteiger partial charge in [0.15, 0.2) is 0 Å². The first-order valence-electron chi connectivity index (χ1n) is 5.68. The summed E-state index contributed by atoms with van der Waals surface area (Å²) in [5.74, 6) is -3.48. The third-order valence-electron chi connectivity index (χ3n) is 2.55. The Morgan fingerprint density at radius 3 is 2.58 bits per heavy atom. The minimum absolute atomic E-state index is 0. The maximum Gasteiger partial charge on any atom is 1.00 e. The van der Waals surface area contributed by atoms with Gasteiger partial charge in [-0.25, -0.2) is 0 Å². The minimum atomic E-state index is -1.42. The van der Waals surface area contributed by atoms with Crippen LogP contribution in [0.15, 0.2) is 30.8 Å². The number of carbonyl (C=O) groups is 2. The van der Waals surface area contributed by atoms with E-state index >= 15 is 0 Å². The standard InChI is InChI=1S/C14H16O4.Na/c1-3-10-7-5-6-8-11(10)9-12(13(15)16)14(17)18-4-2;/h3,5-8,12H,1,4,9H2,2H3,(H,15,16);/q;+1/p-1. The molecule has 1 atom stereocenters. The number of aliphatic carboxylic acids is 1. The van der Waals surface area contributed by atoms with Gasteiger partial charge in [0.1, 0.15) is 5.92 Å². The monoisotopic (exact) mass is 270 g/mol. The molecule has 0 spiro atoms. The normalized spacial score (nSPS) is 11.0. The van der Waals surface area contributed by atoms with Crippen LogP contribution in [0.25, 0.3) is 6.08 Å². The van der Waals surface area contributed by atoms with E-state index in [0.717, 1.165) is 11.1 Å². The van der Waals surface area contributed by atoms with Crippen molar-refractivity contribution in [2.24, 2.45) is 5.92 Å². The number of carboxylic acid groups (broad SMARTS) is 1. The molecule has 96 valence electrons. The second-order valence-corrected chi connectivity index (χ2v) is 3.73. The van der Waals surface area contributed by atoms with Crippen molar-refractivity contribution < 1.29 is 49.0 Å². The molecule has 0 radical (unpaired) electrons. The van der Waals surface area contributed by atoms with E-state index in [1.807, 2.05) is 6.07 Å². The van der Waals surface area contributed by atoms with Gasteiger partial charge >= 0.3 is 35.5 Å². The van der Waals surface area contributed by atoms with Crippen molar-refractivity contribution in [2.75, 3.05) is 6.61 Å². The average Bonchev–Trinajstić information content (AvgIpc) is 2.36. The van der Waals surface area contributed by atoms with Crippen molar-refractivity contribution in [3.8, 4) is 0 Å². The molecule has 0 aliphatic rings. The molecule has 4 nitrogen and oxygen atoms in total. The van der Waals surface area contributed by atoms with Crippen LogP contribution in [0.4, 0.5) is 0 Å². The van der Waals surface area contributed by atoms with E-state index in [1.54, 1.807) is 31.2 Å². The van der Waals surface area contributed by atoms with Crippen molar-refractivity contribution in [2.45, 2.75) is 13.3 Å². The number of rotatable bonds is 6. The van der Waals surface area contributed by atoms with Crippen LogP contribution in [-0.2, 0) is 20.7 Å².